The lowest BCUT2D eigenvalue weighted by atomic mass is 9.63. The maximum atomic E-state index is 2.56. The Kier molecular flexibility index (Phi) is 7.20. The van der Waals surface area contributed by atoms with E-state index in [1.165, 1.54) is 66.3 Å². The Morgan fingerprint density at radius 3 is 1.80 bits per heavy atom. The quantitative estimate of drug-likeness (QED) is 0.166. The molecule has 0 aliphatic heterocycles. The minimum atomic E-state index is 0.0441. The number of hydrogen-bond acceptors (Lipinski definition) is 1. The molecule has 1 aromatic heterocycles. The van der Waals surface area contributed by atoms with Crippen LogP contribution in [0.1, 0.15) is 78.0 Å². The summed E-state index contributed by atoms with van der Waals surface area (Å²) in [6, 6.07) is 40.6. The lowest BCUT2D eigenvalue weighted by Gasteiger charge is -2.42. The number of nitrogens with zero attached hydrogens (tertiary/aromatic N) is 2. The van der Waals surface area contributed by atoms with Gasteiger partial charge < -0.3 is 9.47 Å². The van der Waals surface area contributed by atoms with Crippen LogP contribution in [0.3, 0.4) is 0 Å². The van der Waals surface area contributed by atoms with Crippen LogP contribution >= 0.6 is 22.6 Å². The minimum Gasteiger partial charge on any atom is -0.310 e. The van der Waals surface area contributed by atoms with Gasteiger partial charge in [-0.3, -0.25) is 0 Å². The van der Waals surface area contributed by atoms with Gasteiger partial charge in [0.1, 0.15) is 0 Å². The van der Waals surface area contributed by atoms with Crippen LogP contribution in [-0.4, -0.2) is 4.57 Å². The van der Waals surface area contributed by atoms with Gasteiger partial charge in [0.05, 0.1) is 16.7 Å². The van der Waals surface area contributed by atoms with E-state index in [4.69, 9.17) is 0 Å². The zero-order valence-electron chi connectivity index (χ0n) is 27.6. The molecule has 3 heteroatoms. The molecule has 6 aromatic rings. The normalized spacial score (nSPS) is 15.7. The summed E-state index contributed by atoms with van der Waals surface area (Å²) in [6.07, 6.45) is 2.38. The molecule has 2 nitrogen and oxygen atoms in total. The molecule has 0 radical (unpaired) electrons. The summed E-state index contributed by atoms with van der Waals surface area (Å²) in [6.45, 7) is 16.7. The zero-order chi connectivity index (χ0) is 31.7. The molecule has 0 spiro atoms. The third-order valence-electron chi connectivity index (χ3n) is 10.0. The van der Waals surface area contributed by atoms with Gasteiger partial charge in [0.2, 0.25) is 0 Å². The van der Waals surface area contributed by atoms with Crippen molar-refractivity contribution in [3.8, 4) is 5.69 Å². The van der Waals surface area contributed by atoms with Crippen molar-refractivity contribution < 1.29 is 0 Å². The van der Waals surface area contributed by atoms with Gasteiger partial charge in [0.25, 0.3) is 0 Å². The Morgan fingerprint density at radius 2 is 1.22 bits per heavy atom. The van der Waals surface area contributed by atoms with E-state index in [9.17, 15) is 0 Å². The van der Waals surface area contributed by atoms with Gasteiger partial charge >= 0.3 is 0 Å². The fourth-order valence-corrected chi connectivity index (χ4v) is 7.94. The maximum absolute atomic E-state index is 2.56. The Balaban J connectivity index is 1.65. The third-order valence-corrected chi connectivity index (χ3v) is 10.6. The van der Waals surface area contributed by atoms with Gasteiger partial charge in [-0.2, -0.15) is 0 Å². The molecule has 1 heterocycles. The van der Waals surface area contributed by atoms with E-state index in [0.29, 0.717) is 0 Å². The minimum absolute atomic E-state index is 0.0441. The first-order valence-electron chi connectivity index (χ1n) is 16.2. The average molecular weight is 703 g/mol. The van der Waals surface area contributed by atoms with Crippen LogP contribution in [-0.2, 0) is 16.2 Å². The van der Waals surface area contributed by atoms with Crippen molar-refractivity contribution in [3.05, 3.63) is 129 Å². The summed E-state index contributed by atoms with van der Waals surface area (Å²) in [7, 11) is 0. The molecule has 0 N–H and O–H groups in total. The highest BCUT2D eigenvalue weighted by molar-refractivity contribution is 14.1. The van der Waals surface area contributed by atoms with Crippen molar-refractivity contribution in [2.75, 3.05) is 4.90 Å². The van der Waals surface area contributed by atoms with Crippen LogP contribution in [0.15, 0.2) is 109 Å². The number of anilines is 3. The molecule has 0 unspecified atom stereocenters. The van der Waals surface area contributed by atoms with Crippen LogP contribution in [0.2, 0.25) is 0 Å². The van der Waals surface area contributed by atoms with Crippen molar-refractivity contribution >= 4 is 61.5 Å². The molecule has 0 atom stereocenters. The molecule has 0 fully saturated rings. The molecule has 5 aromatic carbocycles. The molecule has 0 saturated heterocycles. The fourth-order valence-electron chi connectivity index (χ4n) is 7.29. The van der Waals surface area contributed by atoms with Gasteiger partial charge in [0, 0.05) is 31.4 Å². The van der Waals surface area contributed by atoms with Crippen LogP contribution in [0.4, 0.5) is 17.1 Å². The first-order valence-corrected chi connectivity index (χ1v) is 17.3. The van der Waals surface area contributed by atoms with E-state index in [-0.39, 0.29) is 16.2 Å². The number of rotatable bonds is 4. The Labute approximate surface area is 282 Å². The second-order valence-corrected chi connectivity index (χ2v) is 16.4. The molecule has 0 amide bonds. The Morgan fingerprint density at radius 1 is 0.644 bits per heavy atom. The fraction of sp³-hybridized carbons (Fsp3) is 0.286. The number of aromatic nitrogens is 1. The molecular formula is C42H43IN2. The summed E-state index contributed by atoms with van der Waals surface area (Å²) in [5, 5.41) is 2.61. The van der Waals surface area contributed by atoms with E-state index in [0.717, 1.165) is 11.4 Å². The first kappa shape index (κ1) is 30.1. The maximum Gasteiger partial charge on any atom is 0.0562 e. The second kappa shape index (κ2) is 10.8. The average Bonchev–Trinajstić information content (AvgIpc) is 3.34. The number of benzene rings is 5. The van der Waals surface area contributed by atoms with Gasteiger partial charge in [0.15, 0.2) is 0 Å². The van der Waals surface area contributed by atoms with Gasteiger partial charge in [-0.25, -0.2) is 0 Å². The van der Waals surface area contributed by atoms with Gasteiger partial charge in [-0.15, -0.1) is 0 Å². The molecule has 7 rings (SSSR count). The van der Waals surface area contributed by atoms with Gasteiger partial charge in [-0.05, 0) is 135 Å². The standard InChI is InChI=1S/C42H43IN2/c1-40(2,3)28-23-29(43)25-32(24-28)45-37-20-14-19-36(44(30-15-10-8-11-16-30)31-17-12-9-13-18-31)39(37)33-26-34-35(27-38(33)45)42(6,7)22-21-41(34,4)5/h8-20,23-27H,21-22H2,1-7H3. The highest BCUT2D eigenvalue weighted by atomic mass is 127. The summed E-state index contributed by atoms with van der Waals surface area (Å²) >= 11 is 2.50. The summed E-state index contributed by atoms with van der Waals surface area (Å²) < 4.78 is 3.80. The number of hydrogen-bond donors (Lipinski definition) is 0. The van der Waals surface area contributed by atoms with Crippen molar-refractivity contribution in [2.45, 2.75) is 77.6 Å². The summed E-state index contributed by atoms with van der Waals surface area (Å²) in [5.41, 5.74) is 11.8. The predicted molar refractivity (Wildman–Crippen MR) is 202 cm³/mol. The topological polar surface area (TPSA) is 8.17 Å². The highest BCUT2D eigenvalue weighted by Gasteiger charge is 2.38. The van der Waals surface area contributed by atoms with Crippen molar-refractivity contribution in [1.82, 2.24) is 4.57 Å². The monoisotopic (exact) mass is 702 g/mol. The Hall–Kier alpha value is -3.57. The van der Waals surface area contributed by atoms with Crippen molar-refractivity contribution in [2.24, 2.45) is 0 Å². The molecule has 45 heavy (non-hydrogen) atoms. The molecule has 0 saturated carbocycles. The van der Waals surface area contributed by atoms with E-state index in [1.807, 2.05) is 0 Å². The van der Waals surface area contributed by atoms with Crippen LogP contribution in [0.5, 0.6) is 0 Å². The number of halogens is 1. The smallest absolute Gasteiger partial charge is 0.0562 e. The molecular weight excluding hydrogens is 659 g/mol. The Bertz CT molecular complexity index is 2000. The third kappa shape index (κ3) is 5.17. The van der Waals surface area contributed by atoms with E-state index in [2.05, 4.69) is 190 Å². The summed E-state index contributed by atoms with van der Waals surface area (Å²) in [5.74, 6) is 0. The first-order chi connectivity index (χ1) is 21.3. The van der Waals surface area contributed by atoms with E-state index in [1.54, 1.807) is 0 Å². The molecule has 1 aliphatic carbocycles. The molecule has 0 bridgehead atoms. The van der Waals surface area contributed by atoms with Crippen LogP contribution < -0.4 is 4.90 Å². The van der Waals surface area contributed by atoms with E-state index >= 15 is 0 Å². The lowest BCUT2D eigenvalue weighted by Crippen LogP contribution is -2.33. The zero-order valence-corrected chi connectivity index (χ0v) is 29.7. The van der Waals surface area contributed by atoms with Crippen LogP contribution in [0, 0.1) is 3.57 Å². The summed E-state index contributed by atoms with van der Waals surface area (Å²) in [4.78, 5) is 2.43. The van der Waals surface area contributed by atoms with Gasteiger partial charge in [-0.1, -0.05) is 90.9 Å². The lowest BCUT2D eigenvalue weighted by molar-refractivity contribution is 0.332. The molecule has 228 valence electrons. The largest absolute Gasteiger partial charge is 0.310 e. The second-order valence-electron chi connectivity index (χ2n) is 15.1. The number of fused-ring (bicyclic) bond motifs is 4. The predicted octanol–water partition coefficient (Wildman–Crippen LogP) is 12.5. The molecule has 1 aliphatic rings. The SMILES string of the molecule is CC(C)(C)c1cc(I)cc(-n2c3cc4c(cc3c3c(N(c5ccccc5)c5ccccc5)cccc32)C(C)(C)CCC4(C)C)c1. The van der Waals surface area contributed by atoms with Crippen LogP contribution in [0.25, 0.3) is 27.5 Å². The van der Waals surface area contributed by atoms with E-state index < -0.39 is 0 Å². The highest BCUT2D eigenvalue weighted by Crippen LogP contribution is 2.50. The van der Waals surface area contributed by atoms with Crippen molar-refractivity contribution in [3.63, 3.8) is 0 Å². The van der Waals surface area contributed by atoms with Crippen molar-refractivity contribution in [1.29, 1.82) is 0 Å². The number of para-hydroxylation sites is 2.